The number of amides is 2. The minimum atomic E-state index is -0.246. The Kier molecular flexibility index (Phi) is 5.88. The molecule has 2 aromatic heterocycles. The Labute approximate surface area is 210 Å². The maximum Gasteiger partial charge on any atom is 0.266 e. The van der Waals surface area contributed by atoms with Gasteiger partial charge in [0.2, 0.25) is 0 Å². The molecule has 186 valence electrons. The average molecular weight is 496 g/mol. The summed E-state index contributed by atoms with van der Waals surface area (Å²) in [5.41, 5.74) is 3.61. The molecule has 1 aromatic carbocycles. The first-order valence-electron chi connectivity index (χ1n) is 12.0. The number of aryl methyl sites for hydroxylation is 1. The van der Waals surface area contributed by atoms with E-state index in [1.807, 2.05) is 37.2 Å². The van der Waals surface area contributed by atoms with Crippen molar-refractivity contribution in [3.8, 4) is 0 Å². The summed E-state index contributed by atoms with van der Waals surface area (Å²) in [6.45, 7) is 6.13. The molecule has 4 heterocycles. The van der Waals surface area contributed by atoms with Crippen LogP contribution >= 0.6 is 11.3 Å². The van der Waals surface area contributed by atoms with Crippen LogP contribution in [0.3, 0.4) is 0 Å². The molecule has 0 saturated carbocycles. The average Bonchev–Trinajstić information content (AvgIpc) is 3.37. The molecule has 1 fully saturated rings. The second kappa shape index (κ2) is 8.64. The van der Waals surface area contributed by atoms with E-state index in [9.17, 15) is 9.59 Å². The molecule has 8 nitrogen and oxygen atoms in total. The number of nitrogens with zero attached hydrogens (tertiary/aromatic N) is 5. The van der Waals surface area contributed by atoms with Crippen molar-refractivity contribution in [2.45, 2.75) is 38.3 Å². The first kappa shape index (κ1) is 23.8. The molecule has 0 N–H and O–H groups in total. The van der Waals surface area contributed by atoms with Gasteiger partial charge in [-0.1, -0.05) is 11.3 Å². The van der Waals surface area contributed by atoms with Crippen LogP contribution in [0.15, 0.2) is 24.4 Å². The minimum Gasteiger partial charge on any atom is -0.377 e. The van der Waals surface area contributed by atoms with Crippen LogP contribution < -0.4 is 4.90 Å². The third-order valence-electron chi connectivity index (χ3n) is 7.35. The number of benzene rings is 1. The normalized spacial score (nSPS) is 19.8. The molecule has 0 unspecified atom stereocenters. The van der Waals surface area contributed by atoms with E-state index in [1.54, 1.807) is 19.0 Å². The molecular weight excluding hydrogens is 462 g/mol. The molecule has 1 atom stereocenters. The van der Waals surface area contributed by atoms with Crippen molar-refractivity contribution in [3.63, 3.8) is 0 Å². The predicted octanol–water partition coefficient (Wildman–Crippen LogP) is 3.19. The minimum absolute atomic E-state index is 0.00439. The van der Waals surface area contributed by atoms with Crippen LogP contribution in [-0.2, 0) is 24.6 Å². The third kappa shape index (κ3) is 4.10. The lowest BCUT2D eigenvalue weighted by Crippen LogP contribution is -2.50. The number of hydrogen-bond acceptors (Lipinski definition) is 6. The van der Waals surface area contributed by atoms with E-state index in [-0.39, 0.29) is 23.4 Å². The maximum atomic E-state index is 13.0. The summed E-state index contributed by atoms with van der Waals surface area (Å²) >= 11 is 1.50. The molecule has 0 aliphatic carbocycles. The summed E-state index contributed by atoms with van der Waals surface area (Å²) in [4.78, 5) is 37.0. The second-order valence-electron chi connectivity index (χ2n) is 10.4. The Morgan fingerprint density at radius 3 is 2.80 bits per heavy atom. The lowest BCUT2D eigenvalue weighted by atomic mass is 9.92. The highest BCUT2D eigenvalue weighted by Crippen LogP contribution is 2.37. The van der Waals surface area contributed by atoms with Crippen LogP contribution in [-0.4, -0.2) is 83.6 Å². The molecule has 9 heteroatoms. The van der Waals surface area contributed by atoms with Crippen molar-refractivity contribution in [2.24, 2.45) is 7.05 Å². The number of carbonyl (C=O) groups is 2. The van der Waals surface area contributed by atoms with E-state index in [0.29, 0.717) is 18.8 Å². The van der Waals surface area contributed by atoms with Crippen molar-refractivity contribution < 1.29 is 14.3 Å². The van der Waals surface area contributed by atoms with Crippen molar-refractivity contribution in [1.82, 2.24) is 19.4 Å². The zero-order valence-corrected chi connectivity index (χ0v) is 22.1. The first-order valence-corrected chi connectivity index (χ1v) is 12.8. The molecule has 0 radical (unpaired) electrons. The Balaban J connectivity index is 1.47. The van der Waals surface area contributed by atoms with Crippen molar-refractivity contribution >= 4 is 39.2 Å². The highest BCUT2D eigenvalue weighted by Gasteiger charge is 2.39. The molecule has 5 rings (SSSR count). The number of anilines is 1. The van der Waals surface area contributed by atoms with Crippen LogP contribution in [0.1, 0.15) is 45.1 Å². The fourth-order valence-electron chi connectivity index (χ4n) is 5.06. The third-order valence-corrected chi connectivity index (χ3v) is 8.47. The van der Waals surface area contributed by atoms with Gasteiger partial charge in [0.1, 0.15) is 4.88 Å². The van der Waals surface area contributed by atoms with E-state index in [2.05, 4.69) is 29.5 Å². The number of carbonyl (C=O) groups excluding carboxylic acids is 2. The van der Waals surface area contributed by atoms with E-state index >= 15 is 0 Å². The lowest BCUT2D eigenvalue weighted by molar-refractivity contribution is 0.0595. The summed E-state index contributed by atoms with van der Waals surface area (Å²) in [5, 5.41) is 1.98. The molecule has 0 spiro atoms. The topological polar surface area (TPSA) is 70.9 Å². The van der Waals surface area contributed by atoms with Crippen LogP contribution in [0.4, 0.5) is 5.13 Å². The Morgan fingerprint density at radius 2 is 2.06 bits per heavy atom. The maximum absolute atomic E-state index is 13.0. The van der Waals surface area contributed by atoms with Gasteiger partial charge in [0.25, 0.3) is 11.8 Å². The largest absolute Gasteiger partial charge is 0.377 e. The highest BCUT2D eigenvalue weighted by molar-refractivity contribution is 7.17. The van der Waals surface area contributed by atoms with Gasteiger partial charge in [0.05, 0.1) is 24.9 Å². The van der Waals surface area contributed by atoms with Gasteiger partial charge in [-0.2, -0.15) is 0 Å². The van der Waals surface area contributed by atoms with Gasteiger partial charge >= 0.3 is 0 Å². The van der Waals surface area contributed by atoms with Gasteiger partial charge in [0.15, 0.2) is 5.13 Å². The number of rotatable bonds is 4. The summed E-state index contributed by atoms with van der Waals surface area (Å²) in [7, 11) is 7.45. The van der Waals surface area contributed by atoms with Gasteiger partial charge in [0, 0.05) is 69.4 Å². The summed E-state index contributed by atoms with van der Waals surface area (Å²) in [6.07, 6.45) is 3.66. The van der Waals surface area contributed by atoms with Crippen molar-refractivity contribution in [1.29, 1.82) is 0 Å². The Bertz CT molecular complexity index is 1310. The molecule has 2 aliphatic rings. The van der Waals surface area contributed by atoms with Gasteiger partial charge in [-0.3, -0.25) is 9.59 Å². The van der Waals surface area contributed by atoms with Crippen molar-refractivity contribution in [2.75, 3.05) is 45.8 Å². The predicted molar refractivity (Wildman–Crippen MR) is 139 cm³/mol. The van der Waals surface area contributed by atoms with Crippen LogP contribution in [0.5, 0.6) is 0 Å². The summed E-state index contributed by atoms with van der Waals surface area (Å²) in [5.74, 6) is 0.0483. The van der Waals surface area contributed by atoms with Crippen LogP contribution in [0, 0.1) is 0 Å². The summed E-state index contributed by atoms with van der Waals surface area (Å²) in [6, 6.07) is 6.00. The van der Waals surface area contributed by atoms with Crippen LogP contribution in [0.2, 0.25) is 0 Å². The molecule has 35 heavy (non-hydrogen) atoms. The fraction of sp³-hybridized carbons (Fsp3) is 0.500. The Morgan fingerprint density at radius 1 is 1.29 bits per heavy atom. The number of thiazole rings is 1. The number of ether oxygens (including phenoxy) is 1. The molecular formula is C26H33N5O3S. The van der Waals surface area contributed by atoms with E-state index < -0.39 is 0 Å². The number of aromatic nitrogens is 2. The zero-order valence-electron chi connectivity index (χ0n) is 21.3. The van der Waals surface area contributed by atoms with E-state index in [1.165, 1.54) is 16.9 Å². The van der Waals surface area contributed by atoms with Crippen molar-refractivity contribution in [3.05, 3.63) is 46.1 Å². The number of morpholine rings is 1. The second-order valence-corrected chi connectivity index (χ2v) is 11.4. The first-order chi connectivity index (χ1) is 16.6. The number of likely N-dealkylation sites (N-methyl/N-ethyl adjacent to an activating group) is 1. The van der Waals surface area contributed by atoms with E-state index in [4.69, 9.17) is 9.72 Å². The van der Waals surface area contributed by atoms with Gasteiger partial charge in [-0.05, 0) is 44.0 Å². The SMILES string of the molecule is CN(C)C(=O)c1ccc2c(c1)c(C[C@H]1COCCN1c1nc3c(s1)C(=O)N(C)C(C)(C)C3)cn2C. The monoisotopic (exact) mass is 495 g/mol. The summed E-state index contributed by atoms with van der Waals surface area (Å²) < 4.78 is 8.00. The quantitative estimate of drug-likeness (QED) is 0.556. The molecule has 2 amide bonds. The van der Waals surface area contributed by atoms with Crippen LogP contribution in [0.25, 0.3) is 10.9 Å². The standard InChI is InChI=1S/C26H33N5O3S/c1-26(2)13-20-22(24(33)30(26)6)35-25(27-20)31-9-10-34-15-18(31)11-17-14-29(5)21-8-7-16(12-19(17)21)23(32)28(3)4/h7-8,12,14,18H,9-11,13,15H2,1-6H3/t18-/m0/s1. The number of hydrogen-bond donors (Lipinski definition) is 0. The molecule has 2 aliphatic heterocycles. The smallest absolute Gasteiger partial charge is 0.266 e. The number of fused-ring (bicyclic) bond motifs is 2. The van der Waals surface area contributed by atoms with E-state index in [0.717, 1.165) is 46.0 Å². The lowest BCUT2D eigenvalue weighted by Gasteiger charge is -2.38. The zero-order chi connectivity index (χ0) is 25.1. The van der Waals surface area contributed by atoms with Gasteiger partial charge in [-0.25, -0.2) is 4.98 Å². The molecule has 0 bridgehead atoms. The highest BCUT2D eigenvalue weighted by atomic mass is 32.1. The molecule has 1 saturated heterocycles. The Hall–Kier alpha value is -2.91. The van der Waals surface area contributed by atoms with Gasteiger partial charge in [-0.15, -0.1) is 0 Å². The fourth-order valence-corrected chi connectivity index (χ4v) is 6.22. The molecule has 3 aromatic rings. The van der Waals surface area contributed by atoms with Gasteiger partial charge < -0.3 is 24.0 Å².